The number of amides is 1. The van der Waals surface area contributed by atoms with Crippen molar-refractivity contribution in [3.63, 3.8) is 0 Å². The SMILES string of the molecule is CCOC(=O)C1(NC(=O)CCN(CC)CC)CSC2=C1C(=O)c1ccccc1C2=O. The highest BCUT2D eigenvalue weighted by atomic mass is 32.2. The minimum absolute atomic E-state index is 0.0332. The van der Waals surface area contributed by atoms with E-state index in [1.165, 1.54) is 0 Å². The number of carbonyl (C=O) groups is 4. The number of ketones is 2. The van der Waals surface area contributed by atoms with Crippen LogP contribution in [0.1, 0.15) is 47.9 Å². The third-order valence-electron chi connectivity index (χ3n) is 5.46. The van der Waals surface area contributed by atoms with Crippen LogP contribution in [0.25, 0.3) is 0 Å². The van der Waals surface area contributed by atoms with Crippen molar-refractivity contribution in [2.24, 2.45) is 0 Å². The van der Waals surface area contributed by atoms with E-state index in [0.717, 1.165) is 24.9 Å². The van der Waals surface area contributed by atoms with Gasteiger partial charge in [0.2, 0.25) is 11.7 Å². The first-order valence-corrected chi connectivity index (χ1v) is 11.1. The highest BCUT2D eigenvalue weighted by Gasteiger charge is 2.56. The second kappa shape index (κ2) is 9.14. The van der Waals surface area contributed by atoms with E-state index in [0.29, 0.717) is 12.1 Å². The summed E-state index contributed by atoms with van der Waals surface area (Å²) in [6, 6.07) is 6.54. The fourth-order valence-corrected chi connectivity index (χ4v) is 5.14. The maximum Gasteiger partial charge on any atom is 0.337 e. The zero-order valence-electron chi connectivity index (χ0n) is 17.4. The van der Waals surface area contributed by atoms with Crippen molar-refractivity contribution in [2.45, 2.75) is 32.7 Å². The van der Waals surface area contributed by atoms with Gasteiger partial charge in [0.1, 0.15) is 0 Å². The number of esters is 1. The van der Waals surface area contributed by atoms with Crippen LogP contribution in [-0.2, 0) is 14.3 Å². The van der Waals surface area contributed by atoms with Crippen molar-refractivity contribution in [1.29, 1.82) is 0 Å². The number of hydrogen-bond acceptors (Lipinski definition) is 7. The summed E-state index contributed by atoms with van der Waals surface area (Å²) >= 11 is 1.12. The maximum atomic E-state index is 13.3. The number of allylic oxidation sites excluding steroid dienone is 1. The monoisotopic (exact) mass is 430 g/mol. The molecule has 7 nitrogen and oxygen atoms in total. The minimum atomic E-state index is -1.66. The number of benzene rings is 1. The van der Waals surface area contributed by atoms with Gasteiger partial charge in [-0.3, -0.25) is 14.4 Å². The van der Waals surface area contributed by atoms with Crippen LogP contribution in [-0.4, -0.2) is 65.9 Å². The summed E-state index contributed by atoms with van der Waals surface area (Å²) in [4.78, 5) is 54.4. The molecule has 0 fully saturated rings. The Balaban J connectivity index is 1.97. The Hall–Kier alpha value is -2.45. The Morgan fingerprint density at radius 3 is 2.33 bits per heavy atom. The highest BCUT2D eigenvalue weighted by molar-refractivity contribution is 8.04. The number of nitrogens with zero attached hydrogens (tertiary/aromatic N) is 1. The molecule has 0 aromatic heterocycles. The molecule has 3 rings (SSSR count). The van der Waals surface area contributed by atoms with Crippen molar-refractivity contribution < 1.29 is 23.9 Å². The molecular weight excluding hydrogens is 404 g/mol. The lowest BCUT2D eigenvalue weighted by molar-refractivity contribution is -0.150. The summed E-state index contributed by atoms with van der Waals surface area (Å²) in [5, 5.41) is 2.77. The van der Waals surface area contributed by atoms with E-state index in [2.05, 4.69) is 10.2 Å². The number of ether oxygens (including phenoxy) is 1. The van der Waals surface area contributed by atoms with E-state index in [-0.39, 0.29) is 46.5 Å². The number of carbonyl (C=O) groups excluding carboxylic acids is 4. The molecule has 1 aliphatic carbocycles. The number of hydrogen-bond donors (Lipinski definition) is 1. The molecule has 0 saturated carbocycles. The molecule has 0 spiro atoms. The lowest BCUT2D eigenvalue weighted by Gasteiger charge is -2.31. The minimum Gasteiger partial charge on any atom is -0.464 e. The van der Waals surface area contributed by atoms with E-state index in [9.17, 15) is 19.2 Å². The fourth-order valence-electron chi connectivity index (χ4n) is 3.80. The van der Waals surface area contributed by atoms with Crippen LogP contribution in [0.15, 0.2) is 34.7 Å². The Morgan fingerprint density at radius 2 is 1.73 bits per heavy atom. The molecule has 160 valence electrons. The van der Waals surface area contributed by atoms with Crippen LogP contribution < -0.4 is 5.32 Å². The van der Waals surface area contributed by atoms with Crippen LogP contribution in [0.4, 0.5) is 0 Å². The second-order valence-corrected chi connectivity index (χ2v) is 8.13. The summed E-state index contributed by atoms with van der Waals surface area (Å²) in [5.74, 6) is -1.72. The molecule has 0 bridgehead atoms. The predicted molar refractivity (Wildman–Crippen MR) is 114 cm³/mol. The molecule has 0 saturated heterocycles. The van der Waals surface area contributed by atoms with Crippen molar-refractivity contribution in [2.75, 3.05) is 32.0 Å². The molecule has 1 unspecified atom stereocenters. The second-order valence-electron chi connectivity index (χ2n) is 7.15. The number of Topliss-reactive ketones (excluding diaryl/α,β-unsaturated/α-hetero) is 2. The van der Waals surface area contributed by atoms with Gasteiger partial charge in [-0.05, 0) is 20.0 Å². The molecule has 1 N–H and O–H groups in total. The Labute approximate surface area is 180 Å². The smallest absolute Gasteiger partial charge is 0.337 e. The van der Waals surface area contributed by atoms with E-state index >= 15 is 0 Å². The van der Waals surface area contributed by atoms with Crippen LogP contribution in [0.5, 0.6) is 0 Å². The quantitative estimate of drug-likeness (QED) is 0.632. The predicted octanol–water partition coefficient (Wildman–Crippen LogP) is 2.22. The van der Waals surface area contributed by atoms with Gasteiger partial charge in [0.05, 0.1) is 17.1 Å². The standard InChI is InChI=1S/C22H26N2O5S/c1-4-24(5-2)12-11-16(25)23-22(21(28)29-6-3)13-30-20-17(22)18(26)14-9-7-8-10-15(14)19(20)27/h7-10H,4-6,11-13H2,1-3H3,(H,23,25). The molecule has 1 atom stereocenters. The normalized spacial score (nSPS) is 20.3. The third kappa shape index (κ3) is 3.81. The van der Waals surface area contributed by atoms with E-state index in [1.54, 1.807) is 31.2 Å². The Morgan fingerprint density at radius 1 is 1.10 bits per heavy atom. The molecule has 1 aliphatic heterocycles. The van der Waals surface area contributed by atoms with Gasteiger partial charge in [0, 0.05) is 29.8 Å². The fraction of sp³-hybridized carbons (Fsp3) is 0.455. The molecule has 2 aliphatic rings. The van der Waals surface area contributed by atoms with Crippen LogP contribution in [0.2, 0.25) is 0 Å². The van der Waals surface area contributed by atoms with Gasteiger partial charge in [-0.25, -0.2) is 4.79 Å². The van der Waals surface area contributed by atoms with E-state index in [4.69, 9.17) is 4.74 Å². The van der Waals surface area contributed by atoms with Crippen molar-refractivity contribution in [3.8, 4) is 0 Å². The van der Waals surface area contributed by atoms with Crippen LogP contribution in [0.3, 0.4) is 0 Å². The average Bonchev–Trinajstić information content (AvgIpc) is 3.13. The van der Waals surface area contributed by atoms with Crippen molar-refractivity contribution in [3.05, 3.63) is 45.9 Å². The summed E-state index contributed by atoms with van der Waals surface area (Å²) in [7, 11) is 0. The summed E-state index contributed by atoms with van der Waals surface area (Å²) < 4.78 is 5.24. The lowest BCUT2D eigenvalue weighted by atomic mass is 9.79. The zero-order chi connectivity index (χ0) is 21.9. The molecular formula is C22H26N2O5S. The molecule has 1 aromatic carbocycles. The lowest BCUT2D eigenvalue weighted by Crippen LogP contribution is -2.59. The van der Waals surface area contributed by atoms with Gasteiger partial charge < -0.3 is 15.0 Å². The molecule has 30 heavy (non-hydrogen) atoms. The number of fused-ring (bicyclic) bond motifs is 1. The van der Waals surface area contributed by atoms with Gasteiger partial charge in [-0.2, -0.15) is 0 Å². The van der Waals surface area contributed by atoms with Gasteiger partial charge in [0.25, 0.3) is 0 Å². The van der Waals surface area contributed by atoms with Crippen molar-refractivity contribution >= 4 is 35.2 Å². The van der Waals surface area contributed by atoms with E-state index < -0.39 is 17.3 Å². The van der Waals surface area contributed by atoms with Crippen molar-refractivity contribution in [1.82, 2.24) is 10.2 Å². The van der Waals surface area contributed by atoms with Gasteiger partial charge in [0.15, 0.2) is 11.3 Å². The summed E-state index contributed by atoms with van der Waals surface area (Å²) in [6.45, 7) is 7.93. The summed E-state index contributed by atoms with van der Waals surface area (Å²) in [6.07, 6.45) is 0.175. The first kappa shape index (κ1) is 22.2. The maximum absolute atomic E-state index is 13.3. The average molecular weight is 431 g/mol. The highest BCUT2D eigenvalue weighted by Crippen LogP contribution is 2.46. The first-order chi connectivity index (χ1) is 14.4. The molecule has 1 heterocycles. The number of nitrogens with one attached hydrogen (secondary N) is 1. The number of rotatable bonds is 8. The Kier molecular flexibility index (Phi) is 6.77. The first-order valence-electron chi connectivity index (χ1n) is 10.2. The summed E-state index contributed by atoms with van der Waals surface area (Å²) in [5.41, 5.74) is -1.06. The van der Waals surface area contributed by atoms with E-state index in [1.807, 2.05) is 13.8 Å². The third-order valence-corrected chi connectivity index (χ3v) is 6.72. The van der Waals surface area contributed by atoms with Gasteiger partial charge >= 0.3 is 5.97 Å². The number of thioether (sulfide) groups is 1. The molecule has 1 amide bonds. The van der Waals surface area contributed by atoms with Crippen LogP contribution in [0, 0.1) is 0 Å². The zero-order valence-corrected chi connectivity index (χ0v) is 18.3. The molecule has 8 heteroatoms. The van der Waals surface area contributed by atoms with Gasteiger partial charge in [-0.1, -0.05) is 38.1 Å². The molecule has 1 aromatic rings. The molecule has 0 radical (unpaired) electrons. The largest absolute Gasteiger partial charge is 0.464 e. The Bertz CT molecular complexity index is 922. The van der Waals surface area contributed by atoms with Crippen LogP contribution >= 0.6 is 11.8 Å². The van der Waals surface area contributed by atoms with Gasteiger partial charge in [-0.15, -0.1) is 11.8 Å². The topological polar surface area (TPSA) is 92.8 Å².